The summed E-state index contributed by atoms with van der Waals surface area (Å²) in [6.07, 6.45) is 1.92. The Bertz CT molecular complexity index is 367. The number of halogens is 3. The summed E-state index contributed by atoms with van der Waals surface area (Å²) in [7, 11) is 0. The molecule has 0 saturated carbocycles. The first-order valence-electron chi connectivity index (χ1n) is 4.58. The Morgan fingerprint density at radius 2 is 1.82 bits per heavy atom. The van der Waals surface area contributed by atoms with Crippen molar-refractivity contribution in [2.75, 3.05) is 12.9 Å². The molecule has 7 heteroatoms. The second-order valence-corrected chi connectivity index (χ2v) is 4.08. The van der Waals surface area contributed by atoms with E-state index in [1.54, 1.807) is 36.0 Å². The van der Waals surface area contributed by atoms with Gasteiger partial charge in [-0.05, 0) is 30.5 Å². The molecule has 0 heterocycles. The van der Waals surface area contributed by atoms with Gasteiger partial charge in [0.25, 0.3) is 0 Å². The zero-order chi connectivity index (χ0) is 12.2. The topological polar surface area (TPSA) is 9.23 Å². The fraction of sp³-hybridized carbons (Fsp3) is 0.200. The van der Waals surface area contributed by atoms with Crippen LogP contribution in [0.4, 0.5) is 12.9 Å². The third-order valence-corrected chi connectivity index (χ3v) is 2.69. The van der Waals surface area contributed by atoms with Crippen LogP contribution in [0.5, 0.6) is 5.75 Å². The normalized spacial score (nSPS) is 10.6. The van der Waals surface area contributed by atoms with Crippen LogP contribution in [-0.2, 0) is 0 Å². The standard InChI is InChI=1S/C10H11BF3OS.K/c1-8(11(12,13)14)7-15-9-3-5-10(16-2)6-4-9;/h3-6H,1,7H2,2H3;/q-1;+1. The Morgan fingerprint density at radius 1 is 1.29 bits per heavy atom. The summed E-state index contributed by atoms with van der Waals surface area (Å²) in [6.45, 7) is -2.57. The predicted octanol–water partition coefficient (Wildman–Crippen LogP) is 0.734. The summed E-state index contributed by atoms with van der Waals surface area (Å²) in [5.74, 6) is 0.416. The molecule has 0 aliphatic heterocycles. The monoisotopic (exact) mass is 286 g/mol. The van der Waals surface area contributed by atoms with Gasteiger partial charge in [0.2, 0.25) is 0 Å². The van der Waals surface area contributed by atoms with Crippen molar-refractivity contribution >= 4 is 18.7 Å². The number of ether oxygens (including phenoxy) is 1. The van der Waals surface area contributed by atoms with E-state index in [2.05, 4.69) is 6.58 Å². The molecule has 0 N–H and O–H groups in total. The minimum atomic E-state index is -5.00. The van der Waals surface area contributed by atoms with Crippen LogP contribution >= 0.6 is 11.8 Å². The zero-order valence-electron chi connectivity index (χ0n) is 9.75. The Kier molecular flexibility index (Phi) is 8.19. The molecule has 0 amide bonds. The average Bonchev–Trinajstić information content (AvgIpc) is 2.25. The van der Waals surface area contributed by atoms with Gasteiger partial charge in [0, 0.05) is 4.90 Å². The Labute approximate surface area is 146 Å². The summed E-state index contributed by atoms with van der Waals surface area (Å²) in [6, 6.07) is 6.87. The molecule has 0 spiro atoms. The summed E-state index contributed by atoms with van der Waals surface area (Å²) in [5.41, 5.74) is -0.825. The summed E-state index contributed by atoms with van der Waals surface area (Å²) < 4.78 is 41.4. The molecule has 17 heavy (non-hydrogen) atoms. The van der Waals surface area contributed by atoms with Crippen molar-refractivity contribution in [3.8, 4) is 5.75 Å². The van der Waals surface area contributed by atoms with Crippen LogP contribution in [0, 0.1) is 0 Å². The van der Waals surface area contributed by atoms with Gasteiger partial charge in [0.1, 0.15) is 5.75 Å². The van der Waals surface area contributed by atoms with Crippen molar-refractivity contribution < 1.29 is 69.1 Å². The van der Waals surface area contributed by atoms with Crippen molar-refractivity contribution in [1.82, 2.24) is 0 Å². The van der Waals surface area contributed by atoms with E-state index in [9.17, 15) is 12.9 Å². The van der Waals surface area contributed by atoms with E-state index in [0.717, 1.165) is 4.90 Å². The zero-order valence-corrected chi connectivity index (χ0v) is 13.7. The second-order valence-electron chi connectivity index (χ2n) is 3.20. The number of hydrogen-bond donors (Lipinski definition) is 0. The molecule has 1 nitrogen and oxygen atoms in total. The molecule has 1 aromatic rings. The Hall–Kier alpha value is 0.601. The van der Waals surface area contributed by atoms with E-state index >= 15 is 0 Å². The van der Waals surface area contributed by atoms with Crippen molar-refractivity contribution in [2.24, 2.45) is 0 Å². The fourth-order valence-electron chi connectivity index (χ4n) is 0.942. The van der Waals surface area contributed by atoms with Gasteiger partial charge >= 0.3 is 58.4 Å². The van der Waals surface area contributed by atoms with Gasteiger partial charge in [-0.2, -0.15) is 0 Å². The van der Waals surface area contributed by atoms with E-state index in [4.69, 9.17) is 4.74 Å². The maximum Gasteiger partial charge on any atom is 1.00 e. The minimum Gasteiger partial charge on any atom is -0.492 e. The van der Waals surface area contributed by atoms with Crippen molar-refractivity contribution in [1.29, 1.82) is 0 Å². The quantitative estimate of drug-likeness (QED) is 0.583. The second kappa shape index (κ2) is 7.91. The predicted molar refractivity (Wildman–Crippen MR) is 61.9 cm³/mol. The van der Waals surface area contributed by atoms with Crippen LogP contribution in [0.25, 0.3) is 0 Å². The number of hydrogen-bond acceptors (Lipinski definition) is 2. The van der Waals surface area contributed by atoms with Crippen molar-refractivity contribution in [3.05, 3.63) is 36.3 Å². The molecule has 0 bridgehead atoms. The first-order valence-corrected chi connectivity index (χ1v) is 5.80. The SMILES string of the molecule is C=C(COc1ccc(SC)cc1)[B-](F)(F)F.[K+]. The molecule has 0 aliphatic carbocycles. The first-order chi connectivity index (χ1) is 7.43. The summed E-state index contributed by atoms with van der Waals surface area (Å²) in [4.78, 5) is 1.03. The maximum atomic E-state index is 12.2. The van der Waals surface area contributed by atoms with Gasteiger partial charge in [-0.25, -0.2) is 0 Å². The van der Waals surface area contributed by atoms with Crippen molar-refractivity contribution in [2.45, 2.75) is 4.90 Å². The van der Waals surface area contributed by atoms with Gasteiger partial charge in [-0.1, -0.05) is 0 Å². The van der Waals surface area contributed by atoms with E-state index in [-0.39, 0.29) is 51.4 Å². The molecule has 0 radical (unpaired) electrons. The minimum absolute atomic E-state index is 0. The van der Waals surface area contributed by atoms with E-state index in [0.29, 0.717) is 5.75 Å². The molecule has 0 fully saturated rings. The number of thioether (sulfide) groups is 1. The van der Waals surface area contributed by atoms with Crippen molar-refractivity contribution in [3.63, 3.8) is 0 Å². The molecular formula is C10H11BF3KOS. The van der Waals surface area contributed by atoms with Gasteiger partial charge in [0.15, 0.2) is 0 Å². The third-order valence-electron chi connectivity index (χ3n) is 1.95. The summed E-state index contributed by atoms with van der Waals surface area (Å²) in [5, 5.41) is 0. The molecular weight excluding hydrogens is 275 g/mol. The molecule has 0 saturated heterocycles. The van der Waals surface area contributed by atoms with E-state index in [1.165, 1.54) is 0 Å². The van der Waals surface area contributed by atoms with Crippen LogP contribution in [0.1, 0.15) is 0 Å². The molecule has 0 aromatic heterocycles. The smallest absolute Gasteiger partial charge is 0.492 e. The van der Waals surface area contributed by atoms with Crippen LogP contribution in [0.15, 0.2) is 41.2 Å². The molecule has 0 aliphatic rings. The largest absolute Gasteiger partial charge is 1.00 e. The molecule has 88 valence electrons. The van der Waals surface area contributed by atoms with E-state index in [1.807, 2.05) is 6.26 Å². The first kappa shape index (κ1) is 17.6. The molecule has 1 rings (SSSR count). The van der Waals surface area contributed by atoms with E-state index < -0.39 is 19.1 Å². The Morgan fingerprint density at radius 3 is 2.24 bits per heavy atom. The maximum absolute atomic E-state index is 12.2. The molecule has 0 atom stereocenters. The van der Waals surface area contributed by atoms with Crippen LogP contribution in [0.3, 0.4) is 0 Å². The van der Waals surface area contributed by atoms with Gasteiger partial charge < -0.3 is 17.7 Å². The summed E-state index contributed by atoms with van der Waals surface area (Å²) >= 11 is 1.56. The van der Waals surface area contributed by atoms with Crippen LogP contribution in [-0.4, -0.2) is 19.8 Å². The Balaban J connectivity index is 0.00000256. The van der Waals surface area contributed by atoms with Gasteiger partial charge in [0.05, 0.1) is 6.61 Å². The molecule has 0 unspecified atom stereocenters. The fourth-order valence-corrected chi connectivity index (χ4v) is 1.35. The number of rotatable bonds is 5. The number of benzene rings is 1. The van der Waals surface area contributed by atoms with Gasteiger partial charge in [-0.15, -0.1) is 23.8 Å². The van der Waals surface area contributed by atoms with Crippen LogP contribution in [0.2, 0.25) is 0 Å². The molecule has 1 aromatic carbocycles. The van der Waals surface area contributed by atoms with Gasteiger partial charge in [-0.3, -0.25) is 0 Å². The average molecular weight is 286 g/mol. The third kappa shape index (κ3) is 6.35. The van der Waals surface area contributed by atoms with Crippen LogP contribution < -0.4 is 56.1 Å².